The van der Waals surface area contributed by atoms with E-state index in [1.807, 2.05) is 6.07 Å². The molecule has 1 N–H and O–H groups in total. The van der Waals surface area contributed by atoms with Crippen LogP contribution in [-0.4, -0.2) is 34.5 Å². The molecule has 120 valence electrons. The molecule has 0 aromatic heterocycles. The first-order valence-corrected chi connectivity index (χ1v) is 7.48. The van der Waals surface area contributed by atoms with E-state index >= 15 is 0 Å². The number of ether oxygens (including phenoxy) is 1. The van der Waals surface area contributed by atoms with Crippen molar-refractivity contribution in [1.82, 2.24) is 0 Å². The highest BCUT2D eigenvalue weighted by atomic mass is 19.1. The number of benzene rings is 1. The normalized spacial score (nSPS) is 30.7. The van der Waals surface area contributed by atoms with Gasteiger partial charge >= 0.3 is 0 Å². The Bertz CT molecular complexity index is 736. The van der Waals surface area contributed by atoms with Crippen LogP contribution < -0.4 is 4.74 Å². The quantitative estimate of drug-likeness (QED) is 0.861. The molecule has 1 aromatic rings. The Hall–Kier alpha value is -2.26. The molecule has 0 bridgehead atoms. The molecule has 1 unspecified atom stereocenters. The first kappa shape index (κ1) is 15.6. The van der Waals surface area contributed by atoms with Gasteiger partial charge in [0.15, 0.2) is 12.0 Å². The number of nitriles is 1. The van der Waals surface area contributed by atoms with Crippen molar-refractivity contribution in [2.45, 2.75) is 50.6 Å². The van der Waals surface area contributed by atoms with Gasteiger partial charge in [-0.05, 0) is 38.5 Å². The molecule has 3 rings (SSSR count). The molecular formula is C17H17FN2O3. The smallest absolute Gasteiger partial charge is 0.196 e. The lowest BCUT2D eigenvalue weighted by atomic mass is 9.86. The Balaban J connectivity index is 2.09. The molecule has 2 aliphatic rings. The molecule has 1 heterocycles. The van der Waals surface area contributed by atoms with E-state index in [1.54, 1.807) is 32.0 Å². The monoisotopic (exact) mass is 316 g/mol. The minimum Gasteiger partial charge on any atom is -0.485 e. The van der Waals surface area contributed by atoms with Crippen LogP contribution in [-0.2, 0) is 4.79 Å². The third kappa shape index (κ3) is 2.62. The minimum atomic E-state index is -1.70. The highest BCUT2D eigenvalue weighted by Crippen LogP contribution is 2.42. The molecule has 0 amide bonds. The summed E-state index contributed by atoms with van der Waals surface area (Å²) >= 11 is 0. The number of hydrogen-bond donors (Lipinski definition) is 1. The fourth-order valence-electron chi connectivity index (χ4n) is 2.98. The van der Waals surface area contributed by atoms with Crippen LogP contribution in [0.3, 0.4) is 0 Å². The molecule has 1 aliphatic heterocycles. The molecule has 1 aromatic carbocycles. The Morgan fingerprint density at radius 3 is 2.78 bits per heavy atom. The lowest BCUT2D eigenvalue weighted by Crippen LogP contribution is -2.48. The molecular weight excluding hydrogens is 299 g/mol. The zero-order chi connectivity index (χ0) is 16.8. The number of hydrogen-bond acceptors (Lipinski definition) is 5. The second-order valence-corrected chi connectivity index (χ2v) is 6.41. The van der Waals surface area contributed by atoms with Crippen molar-refractivity contribution < 1.29 is 19.0 Å². The molecule has 6 heteroatoms. The van der Waals surface area contributed by atoms with E-state index in [9.17, 15) is 14.3 Å². The van der Waals surface area contributed by atoms with Gasteiger partial charge in [-0.25, -0.2) is 4.39 Å². The number of carbonyl (C=O) groups excluding carboxylic acids is 1. The van der Waals surface area contributed by atoms with Crippen molar-refractivity contribution >= 4 is 11.5 Å². The highest BCUT2D eigenvalue weighted by molar-refractivity contribution is 6.13. The Labute approximate surface area is 133 Å². The largest absolute Gasteiger partial charge is 0.485 e. The number of aliphatic imine (C=N–C) groups is 1. The van der Waals surface area contributed by atoms with Gasteiger partial charge in [0.25, 0.3) is 0 Å². The number of carbonyl (C=O) groups is 1. The van der Waals surface area contributed by atoms with Crippen molar-refractivity contribution in [3.8, 4) is 11.8 Å². The van der Waals surface area contributed by atoms with Gasteiger partial charge in [-0.2, -0.15) is 5.26 Å². The van der Waals surface area contributed by atoms with Crippen LogP contribution >= 0.6 is 0 Å². The van der Waals surface area contributed by atoms with Gasteiger partial charge in [0.1, 0.15) is 23.5 Å². The average Bonchev–Trinajstić information content (AvgIpc) is 2.83. The van der Waals surface area contributed by atoms with Crippen molar-refractivity contribution in [2.24, 2.45) is 4.99 Å². The van der Waals surface area contributed by atoms with Gasteiger partial charge in [-0.3, -0.25) is 9.79 Å². The molecule has 0 spiro atoms. The first-order valence-electron chi connectivity index (χ1n) is 7.48. The molecule has 1 fully saturated rings. The lowest BCUT2D eigenvalue weighted by Gasteiger charge is -2.40. The summed E-state index contributed by atoms with van der Waals surface area (Å²) in [6.07, 6.45) is -2.32. The van der Waals surface area contributed by atoms with Gasteiger partial charge < -0.3 is 9.84 Å². The topological polar surface area (TPSA) is 82.7 Å². The number of Topliss-reactive ketones (excluding diaryl/α,β-unsaturated/α-hetero) is 1. The van der Waals surface area contributed by atoms with E-state index < -0.39 is 29.7 Å². The number of aliphatic hydroxyl groups is 1. The molecule has 5 nitrogen and oxygen atoms in total. The molecule has 0 saturated heterocycles. The number of rotatable bonds is 1. The maximum absolute atomic E-state index is 13.9. The van der Waals surface area contributed by atoms with Crippen LogP contribution in [0.1, 0.15) is 43.9 Å². The number of halogens is 1. The summed E-state index contributed by atoms with van der Waals surface area (Å²) in [5, 5.41) is 19.7. The van der Waals surface area contributed by atoms with Crippen LogP contribution in [0.25, 0.3) is 0 Å². The van der Waals surface area contributed by atoms with Gasteiger partial charge in [0.05, 0.1) is 17.3 Å². The highest BCUT2D eigenvalue weighted by Gasteiger charge is 2.44. The van der Waals surface area contributed by atoms with E-state index in [2.05, 4.69) is 4.99 Å². The number of fused-ring (bicyclic) bond motifs is 1. The predicted octanol–water partition coefficient (Wildman–Crippen LogP) is 2.27. The number of aliphatic hydroxyl groups excluding tert-OH is 1. The van der Waals surface area contributed by atoms with Crippen LogP contribution in [0.15, 0.2) is 23.2 Å². The first-order chi connectivity index (χ1) is 10.8. The number of ketones is 1. The van der Waals surface area contributed by atoms with Crippen LogP contribution in [0.5, 0.6) is 5.75 Å². The molecule has 0 radical (unpaired) electrons. The molecule has 1 aliphatic carbocycles. The van der Waals surface area contributed by atoms with Crippen molar-refractivity contribution in [3.05, 3.63) is 29.3 Å². The van der Waals surface area contributed by atoms with Gasteiger partial charge in [0.2, 0.25) is 0 Å². The second-order valence-electron chi connectivity index (χ2n) is 6.41. The van der Waals surface area contributed by atoms with Crippen molar-refractivity contribution in [2.75, 3.05) is 0 Å². The Kier molecular flexibility index (Phi) is 3.69. The molecule has 23 heavy (non-hydrogen) atoms. The zero-order valence-electron chi connectivity index (χ0n) is 12.9. The SMILES string of the molecule is CC1(C)Oc2ccc(C#N)cc2[C@H](N=C2CCC(=O)C2F)[C@H]1O. The fourth-order valence-corrected chi connectivity index (χ4v) is 2.98. The van der Waals surface area contributed by atoms with E-state index in [4.69, 9.17) is 10.00 Å². The summed E-state index contributed by atoms with van der Waals surface area (Å²) in [5.41, 5.74) is 0.188. The third-order valence-electron chi connectivity index (χ3n) is 4.35. The summed E-state index contributed by atoms with van der Waals surface area (Å²) in [6, 6.07) is 6.13. The van der Waals surface area contributed by atoms with Crippen LogP contribution in [0, 0.1) is 11.3 Å². The van der Waals surface area contributed by atoms with E-state index in [0.717, 1.165) is 0 Å². The van der Waals surface area contributed by atoms with E-state index in [1.165, 1.54) is 0 Å². The third-order valence-corrected chi connectivity index (χ3v) is 4.35. The minimum absolute atomic E-state index is 0.133. The maximum atomic E-state index is 13.9. The summed E-state index contributed by atoms with van der Waals surface area (Å²) in [4.78, 5) is 15.7. The Morgan fingerprint density at radius 2 is 2.17 bits per heavy atom. The van der Waals surface area contributed by atoms with Crippen LogP contribution in [0.4, 0.5) is 4.39 Å². The maximum Gasteiger partial charge on any atom is 0.196 e. The zero-order valence-corrected chi connectivity index (χ0v) is 12.9. The average molecular weight is 316 g/mol. The summed E-state index contributed by atoms with van der Waals surface area (Å²) in [6.45, 7) is 3.44. The van der Waals surface area contributed by atoms with Gasteiger partial charge in [-0.15, -0.1) is 0 Å². The van der Waals surface area contributed by atoms with Crippen molar-refractivity contribution in [1.29, 1.82) is 5.26 Å². The van der Waals surface area contributed by atoms with Crippen LogP contribution in [0.2, 0.25) is 0 Å². The van der Waals surface area contributed by atoms with Gasteiger partial charge in [-0.1, -0.05) is 0 Å². The Morgan fingerprint density at radius 1 is 1.43 bits per heavy atom. The van der Waals surface area contributed by atoms with E-state index in [0.29, 0.717) is 16.9 Å². The second kappa shape index (κ2) is 5.43. The number of alkyl halides is 1. The lowest BCUT2D eigenvalue weighted by molar-refractivity contribution is -0.120. The predicted molar refractivity (Wildman–Crippen MR) is 81.2 cm³/mol. The number of nitrogens with zero attached hydrogens (tertiary/aromatic N) is 2. The summed E-state index contributed by atoms with van der Waals surface area (Å²) < 4.78 is 19.7. The fraction of sp³-hybridized carbons (Fsp3) is 0.471. The van der Waals surface area contributed by atoms with Gasteiger partial charge in [0, 0.05) is 12.0 Å². The summed E-state index contributed by atoms with van der Waals surface area (Å²) in [5.74, 6) is 0.0314. The molecule has 1 saturated carbocycles. The van der Waals surface area contributed by atoms with E-state index in [-0.39, 0.29) is 18.6 Å². The van der Waals surface area contributed by atoms with Crippen molar-refractivity contribution in [3.63, 3.8) is 0 Å². The molecule has 3 atom stereocenters. The summed E-state index contributed by atoms with van der Waals surface area (Å²) in [7, 11) is 0. The standard InChI is InChI=1S/C17H17FN2O3/c1-17(2)16(22)15(20-11-4-5-12(21)14(11)18)10-7-9(8-19)3-6-13(10)23-17/h3,6-7,14-16,22H,4-5H2,1-2H3/t14?,15-,16+/m0/s1.